The van der Waals surface area contributed by atoms with Gasteiger partial charge >= 0.3 is 0 Å². The van der Waals surface area contributed by atoms with Crippen molar-refractivity contribution in [2.24, 2.45) is 0 Å². The zero-order valence-electron chi connectivity index (χ0n) is 10.2. The van der Waals surface area contributed by atoms with Crippen LogP contribution in [0.5, 0.6) is 0 Å². The Kier molecular flexibility index (Phi) is 4.58. The van der Waals surface area contributed by atoms with E-state index in [0.717, 1.165) is 25.8 Å². The van der Waals surface area contributed by atoms with Crippen molar-refractivity contribution in [3.8, 4) is 0 Å². The van der Waals surface area contributed by atoms with Gasteiger partial charge in [-0.25, -0.2) is 0 Å². The molecule has 0 aromatic rings. The van der Waals surface area contributed by atoms with Crippen molar-refractivity contribution in [1.82, 2.24) is 10.6 Å². The zero-order valence-corrected chi connectivity index (χ0v) is 10.2. The highest BCUT2D eigenvalue weighted by Gasteiger charge is 2.25. The van der Waals surface area contributed by atoms with E-state index >= 15 is 0 Å². The van der Waals surface area contributed by atoms with Crippen molar-refractivity contribution >= 4 is 5.91 Å². The number of hydrogen-bond acceptors (Lipinski definition) is 2. The van der Waals surface area contributed by atoms with E-state index < -0.39 is 0 Å². The quantitative estimate of drug-likeness (QED) is 0.746. The molecule has 1 rings (SSSR count). The van der Waals surface area contributed by atoms with Crippen LogP contribution in [-0.4, -0.2) is 24.0 Å². The van der Waals surface area contributed by atoms with Crippen LogP contribution in [0, 0.1) is 0 Å². The highest BCUT2D eigenvalue weighted by molar-refractivity contribution is 5.82. The molecular weight excluding hydrogens is 188 g/mol. The van der Waals surface area contributed by atoms with Crippen LogP contribution < -0.4 is 10.6 Å². The molecule has 3 nitrogen and oxygen atoms in total. The molecule has 2 N–H and O–H groups in total. The lowest BCUT2D eigenvalue weighted by atomic mass is 9.97. The molecule has 1 aliphatic heterocycles. The number of piperidine rings is 1. The molecule has 0 aromatic heterocycles. The first-order valence-electron chi connectivity index (χ1n) is 6.10. The van der Waals surface area contributed by atoms with E-state index in [1.165, 1.54) is 12.8 Å². The third kappa shape index (κ3) is 4.20. The average Bonchev–Trinajstić information content (AvgIpc) is 2.18. The van der Waals surface area contributed by atoms with Crippen LogP contribution in [-0.2, 0) is 4.79 Å². The Morgan fingerprint density at radius 3 is 2.73 bits per heavy atom. The Balaban J connectivity index is 2.39. The molecule has 0 aliphatic carbocycles. The van der Waals surface area contributed by atoms with Crippen LogP contribution in [0.4, 0.5) is 0 Å². The minimum Gasteiger partial charge on any atom is -0.350 e. The van der Waals surface area contributed by atoms with Gasteiger partial charge in [0.25, 0.3) is 0 Å². The Bertz CT molecular complexity index is 208. The highest BCUT2D eigenvalue weighted by atomic mass is 16.2. The fraction of sp³-hybridized carbons (Fsp3) is 0.917. The third-order valence-corrected chi connectivity index (χ3v) is 2.96. The van der Waals surface area contributed by atoms with E-state index in [9.17, 15) is 4.79 Å². The van der Waals surface area contributed by atoms with E-state index in [1.54, 1.807) is 0 Å². The smallest absolute Gasteiger partial charge is 0.237 e. The molecule has 0 radical (unpaired) electrons. The molecule has 15 heavy (non-hydrogen) atoms. The van der Waals surface area contributed by atoms with Gasteiger partial charge in [-0.15, -0.1) is 0 Å². The largest absolute Gasteiger partial charge is 0.350 e. The number of amides is 1. The van der Waals surface area contributed by atoms with Gasteiger partial charge in [-0.2, -0.15) is 0 Å². The van der Waals surface area contributed by atoms with Crippen LogP contribution in [0.25, 0.3) is 0 Å². The lowest BCUT2D eigenvalue weighted by Gasteiger charge is -2.30. The third-order valence-electron chi connectivity index (χ3n) is 2.96. The van der Waals surface area contributed by atoms with Crippen molar-refractivity contribution in [1.29, 1.82) is 0 Å². The van der Waals surface area contributed by atoms with Gasteiger partial charge in [0.05, 0.1) is 6.04 Å². The van der Waals surface area contributed by atoms with Gasteiger partial charge in [-0.1, -0.05) is 19.8 Å². The molecule has 1 unspecified atom stereocenters. The molecule has 0 bridgehead atoms. The number of rotatable bonds is 4. The van der Waals surface area contributed by atoms with Crippen LogP contribution in [0.2, 0.25) is 0 Å². The van der Waals surface area contributed by atoms with E-state index in [2.05, 4.69) is 31.4 Å². The van der Waals surface area contributed by atoms with Crippen LogP contribution in [0.15, 0.2) is 0 Å². The monoisotopic (exact) mass is 212 g/mol. The van der Waals surface area contributed by atoms with Crippen molar-refractivity contribution in [3.63, 3.8) is 0 Å². The highest BCUT2D eigenvalue weighted by Crippen LogP contribution is 2.13. The lowest BCUT2D eigenvalue weighted by molar-refractivity contribution is -0.125. The number of hydrogen-bond donors (Lipinski definition) is 2. The second kappa shape index (κ2) is 5.50. The SMILES string of the molecule is CCCC(C)(C)NC(=O)C1CCCCN1. The summed E-state index contributed by atoms with van der Waals surface area (Å²) in [5.74, 6) is 0.174. The van der Waals surface area contributed by atoms with Crippen molar-refractivity contribution < 1.29 is 4.79 Å². The van der Waals surface area contributed by atoms with Gasteiger partial charge < -0.3 is 10.6 Å². The van der Waals surface area contributed by atoms with Crippen molar-refractivity contribution in [3.05, 3.63) is 0 Å². The predicted octanol–water partition coefficient (Wildman–Crippen LogP) is 1.82. The van der Waals surface area contributed by atoms with Crippen LogP contribution >= 0.6 is 0 Å². The number of carbonyl (C=O) groups excluding carboxylic acids is 1. The number of carbonyl (C=O) groups is 1. The molecular formula is C12H24N2O. The standard InChI is InChI=1S/C12H24N2O/c1-4-8-12(2,3)14-11(15)10-7-5-6-9-13-10/h10,13H,4-9H2,1-3H3,(H,14,15). The maximum Gasteiger partial charge on any atom is 0.237 e. The van der Waals surface area contributed by atoms with Crippen LogP contribution in [0.1, 0.15) is 52.9 Å². The van der Waals surface area contributed by atoms with E-state index in [4.69, 9.17) is 0 Å². The molecule has 88 valence electrons. The zero-order chi connectivity index (χ0) is 11.3. The molecule has 1 amide bonds. The Morgan fingerprint density at radius 2 is 2.20 bits per heavy atom. The van der Waals surface area contributed by atoms with E-state index in [1.807, 2.05) is 0 Å². The van der Waals surface area contributed by atoms with Gasteiger partial charge in [-0.3, -0.25) is 4.79 Å². The summed E-state index contributed by atoms with van der Waals surface area (Å²) in [4.78, 5) is 11.9. The summed E-state index contributed by atoms with van der Waals surface area (Å²) in [7, 11) is 0. The first-order chi connectivity index (χ1) is 7.05. The van der Waals surface area contributed by atoms with E-state index in [-0.39, 0.29) is 17.5 Å². The Labute approximate surface area is 93.0 Å². The first-order valence-corrected chi connectivity index (χ1v) is 6.10. The maximum absolute atomic E-state index is 11.9. The molecule has 1 fully saturated rings. The maximum atomic E-state index is 11.9. The molecule has 1 heterocycles. The molecule has 0 aromatic carbocycles. The second-order valence-electron chi connectivity index (χ2n) is 5.13. The fourth-order valence-electron chi connectivity index (χ4n) is 2.18. The van der Waals surface area contributed by atoms with Crippen LogP contribution in [0.3, 0.4) is 0 Å². The normalized spacial score (nSPS) is 22.5. The average molecular weight is 212 g/mol. The molecule has 3 heteroatoms. The Hall–Kier alpha value is -0.570. The lowest BCUT2D eigenvalue weighted by Crippen LogP contribution is -2.53. The minimum absolute atomic E-state index is 0.0369. The molecule has 1 aliphatic rings. The van der Waals surface area contributed by atoms with Gasteiger partial charge in [0.15, 0.2) is 0 Å². The summed E-state index contributed by atoms with van der Waals surface area (Å²) >= 11 is 0. The predicted molar refractivity (Wildman–Crippen MR) is 62.8 cm³/mol. The number of nitrogens with one attached hydrogen (secondary N) is 2. The summed E-state index contributed by atoms with van der Waals surface area (Å²) < 4.78 is 0. The summed E-state index contributed by atoms with van der Waals surface area (Å²) in [6.07, 6.45) is 5.48. The fourth-order valence-corrected chi connectivity index (χ4v) is 2.18. The molecule has 0 saturated carbocycles. The summed E-state index contributed by atoms with van der Waals surface area (Å²) in [6, 6.07) is 0.0369. The second-order valence-corrected chi connectivity index (χ2v) is 5.13. The van der Waals surface area contributed by atoms with Gasteiger partial charge in [0.2, 0.25) is 5.91 Å². The van der Waals surface area contributed by atoms with E-state index in [0.29, 0.717) is 0 Å². The summed E-state index contributed by atoms with van der Waals surface area (Å²) in [5.41, 5.74) is -0.0645. The van der Waals surface area contributed by atoms with Crippen molar-refractivity contribution in [2.45, 2.75) is 64.5 Å². The molecule has 0 spiro atoms. The first kappa shape index (κ1) is 12.5. The minimum atomic E-state index is -0.0645. The van der Waals surface area contributed by atoms with Gasteiger partial charge in [0.1, 0.15) is 0 Å². The van der Waals surface area contributed by atoms with Gasteiger partial charge in [-0.05, 0) is 39.7 Å². The van der Waals surface area contributed by atoms with Crippen molar-refractivity contribution in [2.75, 3.05) is 6.54 Å². The molecule has 1 saturated heterocycles. The summed E-state index contributed by atoms with van der Waals surface area (Å²) in [5, 5.41) is 6.40. The Morgan fingerprint density at radius 1 is 1.47 bits per heavy atom. The topological polar surface area (TPSA) is 41.1 Å². The molecule has 1 atom stereocenters. The van der Waals surface area contributed by atoms with Gasteiger partial charge in [0, 0.05) is 5.54 Å². The summed E-state index contributed by atoms with van der Waals surface area (Å²) in [6.45, 7) is 7.31.